The van der Waals surface area contributed by atoms with Crippen LogP contribution in [0.5, 0.6) is 0 Å². The van der Waals surface area contributed by atoms with Crippen LogP contribution in [0.3, 0.4) is 0 Å². The van der Waals surface area contributed by atoms with Crippen LogP contribution < -0.4 is 0 Å². The third-order valence-corrected chi connectivity index (χ3v) is 3.58. The Bertz CT molecular complexity index is 449. The van der Waals surface area contributed by atoms with Crippen molar-refractivity contribution in [3.63, 3.8) is 0 Å². The van der Waals surface area contributed by atoms with Gasteiger partial charge in [-0.15, -0.1) is 11.6 Å². The highest BCUT2D eigenvalue weighted by molar-refractivity contribution is 6.33. The second kappa shape index (κ2) is 5.53. The maximum Gasteiger partial charge on any atom is 0.313 e. The first-order valence-corrected chi connectivity index (χ1v) is 6.26. The molecule has 4 heteroatoms. The Morgan fingerprint density at radius 2 is 1.78 bits per heavy atom. The van der Waals surface area contributed by atoms with Crippen molar-refractivity contribution in [1.82, 2.24) is 0 Å². The predicted octanol–water partition coefficient (Wildman–Crippen LogP) is 3.25. The van der Waals surface area contributed by atoms with Gasteiger partial charge in [-0.3, -0.25) is 9.59 Å². The predicted molar refractivity (Wildman–Crippen MR) is 71.4 cm³/mol. The number of aliphatic carboxylic acids is 1. The molecule has 1 rings (SSSR count). The SMILES string of the molecule is CCC(Cl)C(=O)c1ccc(C(C)(C)C(=O)O)cc1. The van der Waals surface area contributed by atoms with E-state index >= 15 is 0 Å². The highest BCUT2D eigenvalue weighted by Gasteiger charge is 2.29. The Kier molecular flexibility index (Phi) is 4.52. The molecule has 1 N–H and O–H groups in total. The largest absolute Gasteiger partial charge is 0.481 e. The first-order valence-electron chi connectivity index (χ1n) is 5.83. The third-order valence-electron chi connectivity index (χ3n) is 3.07. The van der Waals surface area contributed by atoms with E-state index in [0.29, 0.717) is 17.5 Å². The lowest BCUT2D eigenvalue weighted by Gasteiger charge is -2.19. The van der Waals surface area contributed by atoms with Gasteiger partial charge in [0.15, 0.2) is 5.78 Å². The first kappa shape index (κ1) is 14.7. The van der Waals surface area contributed by atoms with Gasteiger partial charge in [-0.2, -0.15) is 0 Å². The Labute approximate surface area is 112 Å². The number of carboxylic acid groups (broad SMARTS) is 1. The molecule has 0 heterocycles. The van der Waals surface area contributed by atoms with Gasteiger partial charge in [0.1, 0.15) is 0 Å². The van der Waals surface area contributed by atoms with Crippen LogP contribution in [0.4, 0.5) is 0 Å². The topological polar surface area (TPSA) is 54.4 Å². The number of halogens is 1. The Balaban J connectivity index is 3.00. The van der Waals surface area contributed by atoms with E-state index in [-0.39, 0.29) is 5.78 Å². The highest BCUT2D eigenvalue weighted by Crippen LogP contribution is 2.24. The van der Waals surface area contributed by atoms with Gasteiger partial charge in [0.05, 0.1) is 10.8 Å². The van der Waals surface area contributed by atoms with E-state index in [1.165, 1.54) is 0 Å². The second-order valence-corrected chi connectivity index (χ2v) is 5.27. The molecule has 0 aliphatic heterocycles. The zero-order chi connectivity index (χ0) is 13.9. The molecule has 0 fully saturated rings. The number of carbonyl (C=O) groups is 2. The number of alkyl halides is 1. The van der Waals surface area contributed by atoms with Crippen LogP contribution in [0.15, 0.2) is 24.3 Å². The van der Waals surface area contributed by atoms with E-state index in [0.717, 1.165) is 0 Å². The molecular formula is C14H17ClO3. The summed E-state index contributed by atoms with van der Waals surface area (Å²) in [4.78, 5) is 22.9. The quantitative estimate of drug-likeness (QED) is 0.659. The standard InChI is InChI=1S/C14H17ClO3/c1-4-11(15)12(16)9-5-7-10(8-6-9)14(2,3)13(17)18/h5-8,11H,4H2,1-3H3,(H,17,18). The van der Waals surface area contributed by atoms with Crippen molar-refractivity contribution < 1.29 is 14.7 Å². The first-order chi connectivity index (χ1) is 8.30. The molecule has 1 unspecified atom stereocenters. The Morgan fingerprint density at radius 1 is 1.28 bits per heavy atom. The van der Waals surface area contributed by atoms with Gasteiger partial charge in [-0.05, 0) is 25.8 Å². The number of ketones is 1. The highest BCUT2D eigenvalue weighted by atomic mass is 35.5. The van der Waals surface area contributed by atoms with Crippen molar-refractivity contribution in [2.45, 2.75) is 38.0 Å². The van der Waals surface area contributed by atoms with E-state index in [4.69, 9.17) is 16.7 Å². The molecule has 0 saturated carbocycles. The maximum absolute atomic E-state index is 11.8. The molecule has 18 heavy (non-hydrogen) atoms. The van der Waals surface area contributed by atoms with Crippen LogP contribution >= 0.6 is 11.6 Å². The summed E-state index contributed by atoms with van der Waals surface area (Å²) in [6, 6.07) is 6.60. The van der Waals surface area contributed by atoms with Gasteiger partial charge in [-0.1, -0.05) is 31.2 Å². The minimum atomic E-state index is -0.966. The maximum atomic E-state index is 11.8. The van der Waals surface area contributed by atoms with Crippen molar-refractivity contribution in [3.05, 3.63) is 35.4 Å². The molecule has 3 nitrogen and oxygen atoms in total. The van der Waals surface area contributed by atoms with E-state index in [1.807, 2.05) is 6.92 Å². The molecule has 1 aromatic rings. The minimum absolute atomic E-state index is 0.126. The Hall–Kier alpha value is -1.35. The summed E-state index contributed by atoms with van der Waals surface area (Å²) in [6.45, 7) is 5.10. The summed E-state index contributed by atoms with van der Waals surface area (Å²) in [5, 5.41) is 8.59. The molecule has 98 valence electrons. The fraction of sp³-hybridized carbons (Fsp3) is 0.429. The van der Waals surface area contributed by atoms with Gasteiger partial charge in [-0.25, -0.2) is 0 Å². The van der Waals surface area contributed by atoms with E-state index in [2.05, 4.69) is 0 Å². The summed E-state index contributed by atoms with van der Waals surface area (Å²) in [6.07, 6.45) is 0.572. The van der Waals surface area contributed by atoms with Crippen molar-refractivity contribution in [2.75, 3.05) is 0 Å². The molecule has 1 atom stereocenters. The normalized spacial score (nSPS) is 13.1. The van der Waals surface area contributed by atoms with E-state index in [1.54, 1.807) is 38.1 Å². The fourth-order valence-corrected chi connectivity index (χ4v) is 1.67. The molecule has 0 radical (unpaired) electrons. The van der Waals surface area contributed by atoms with Gasteiger partial charge in [0.25, 0.3) is 0 Å². The van der Waals surface area contributed by atoms with Crippen LogP contribution in [0.25, 0.3) is 0 Å². The molecule has 0 aromatic heterocycles. The molecule has 0 bridgehead atoms. The number of hydrogen-bond acceptors (Lipinski definition) is 2. The number of hydrogen-bond donors (Lipinski definition) is 1. The molecule has 0 spiro atoms. The molecule has 1 aromatic carbocycles. The van der Waals surface area contributed by atoms with Gasteiger partial charge in [0.2, 0.25) is 0 Å². The van der Waals surface area contributed by atoms with Crippen LogP contribution in [-0.2, 0) is 10.2 Å². The van der Waals surface area contributed by atoms with Crippen LogP contribution in [0.1, 0.15) is 43.1 Å². The monoisotopic (exact) mass is 268 g/mol. The molecule has 0 aliphatic carbocycles. The third kappa shape index (κ3) is 2.91. The fourth-order valence-electron chi connectivity index (χ4n) is 1.54. The lowest BCUT2D eigenvalue weighted by Crippen LogP contribution is -2.28. The average Bonchev–Trinajstić information content (AvgIpc) is 2.36. The summed E-state index contributed by atoms with van der Waals surface area (Å²) in [5.41, 5.74) is 0.211. The number of benzene rings is 1. The van der Waals surface area contributed by atoms with Crippen molar-refractivity contribution in [2.24, 2.45) is 0 Å². The van der Waals surface area contributed by atoms with Crippen LogP contribution in [0, 0.1) is 0 Å². The number of carboxylic acids is 1. The zero-order valence-electron chi connectivity index (χ0n) is 10.7. The minimum Gasteiger partial charge on any atom is -0.481 e. The molecule has 0 amide bonds. The van der Waals surface area contributed by atoms with Gasteiger partial charge < -0.3 is 5.11 Å². The van der Waals surface area contributed by atoms with Crippen molar-refractivity contribution in [1.29, 1.82) is 0 Å². The smallest absolute Gasteiger partial charge is 0.313 e. The van der Waals surface area contributed by atoms with Gasteiger partial charge >= 0.3 is 5.97 Å². The summed E-state index contributed by atoms with van der Waals surface area (Å²) < 4.78 is 0. The summed E-state index contributed by atoms with van der Waals surface area (Å²) in [7, 11) is 0. The van der Waals surface area contributed by atoms with Crippen LogP contribution in [0.2, 0.25) is 0 Å². The number of carbonyl (C=O) groups excluding carboxylic acids is 1. The lowest BCUT2D eigenvalue weighted by atomic mass is 9.84. The van der Waals surface area contributed by atoms with E-state index < -0.39 is 16.8 Å². The van der Waals surface area contributed by atoms with Crippen molar-refractivity contribution in [3.8, 4) is 0 Å². The zero-order valence-corrected chi connectivity index (χ0v) is 11.5. The lowest BCUT2D eigenvalue weighted by molar-refractivity contribution is -0.142. The second-order valence-electron chi connectivity index (χ2n) is 4.75. The number of rotatable bonds is 5. The molecular weight excluding hydrogens is 252 g/mol. The van der Waals surface area contributed by atoms with Crippen LogP contribution in [-0.4, -0.2) is 22.2 Å². The molecule has 0 aliphatic rings. The number of Topliss-reactive ketones (excluding diaryl/α,β-unsaturated/α-hetero) is 1. The van der Waals surface area contributed by atoms with Crippen molar-refractivity contribution >= 4 is 23.4 Å². The summed E-state index contributed by atoms with van der Waals surface area (Å²) in [5.74, 6) is -1.02. The average molecular weight is 269 g/mol. The Morgan fingerprint density at radius 3 is 2.17 bits per heavy atom. The van der Waals surface area contributed by atoms with Gasteiger partial charge in [0, 0.05) is 5.56 Å². The molecule has 0 saturated heterocycles. The summed E-state index contributed by atoms with van der Waals surface area (Å²) >= 11 is 5.89. The van der Waals surface area contributed by atoms with E-state index in [9.17, 15) is 9.59 Å².